The van der Waals surface area contributed by atoms with Gasteiger partial charge in [-0.25, -0.2) is 0 Å². The molecule has 0 amide bonds. The van der Waals surface area contributed by atoms with Gasteiger partial charge in [-0.05, 0) is 178 Å². The first-order chi connectivity index (χ1) is 27.6. The number of methoxy groups -OCH3 is 4. The third kappa shape index (κ3) is 3.47. The number of hydrogen-bond donors (Lipinski definition) is 0. The van der Waals surface area contributed by atoms with Crippen molar-refractivity contribution in [2.75, 3.05) is 28.4 Å². The van der Waals surface area contributed by atoms with Gasteiger partial charge in [0, 0.05) is 0 Å². The molecule has 0 N–H and O–H groups in total. The van der Waals surface area contributed by atoms with Gasteiger partial charge in [0.25, 0.3) is 0 Å². The van der Waals surface area contributed by atoms with Crippen LogP contribution in [0.1, 0.15) is 0 Å². The van der Waals surface area contributed by atoms with Gasteiger partial charge in [-0.2, -0.15) is 0 Å². The molecule has 0 aliphatic rings. The van der Waals surface area contributed by atoms with Crippen LogP contribution in [0, 0.1) is 0 Å². The first-order valence-corrected chi connectivity index (χ1v) is 19.0. The van der Waals surface area contributed by atoms with Gasteiger partial charge in [0.05, 0.1) is 28.4 Å². The Kier molecular flexibility index (Phi) is 5.62. The molecule has 0 unspecified atom stereocenters. The van der Waals surface area contributed by atoms with Crippen molar-refractivity contribution in [1.29, 1.82) is 0 Å². The van der Waals surface area contributed by atoms with E-state index < -0.39 is 0 Å². The molecule has 0 spiro atoms. The summed E-state index contributed by atoms with van der Waals surface area (Å²) in [6.45, 7) is 0. The second kappa shape index (κ2) is 10.4. The smallest absolute Gasteiger partial charge is 0.119 e. The third-order valence-corrected chi connectivity index (χ3v) is 13.0. The van der Waals surface area contributed by atoms with Crippen LogP contribution in [0.4, 0.5) is 0 Å². The molecule has 4 heteroatoms. The number of hydrogen-bond acceptors (Lipinski definition) is 4. The summed E-state index contributed by atoms with van der Waals surface area (Å²) < 4.78 is 23.5. The Labute approximate surface area is 319 Å². The van der Waals surface area contributed by atoms with Crippen LogP contribution in [0.2, 0.25) is 0 Å². The van der Waals surface area contributed by atoms with Crippen molar-refractivity contribution in [3.63, 3.8) is 0 Å². The molecule has 0 atom stereocenters. The Morgan fingerprint density at radius 2 is 0.357 bits per heavy atom. The predicted octanol–water partition coefficient (Wildman–Crippen LogP) is 13.9. The Hall–Kier alpha value is -7.04. The van der Waals surface area contributed by atoms with Gasteiger partial charge >= 0.3 is 0 Å². The number of rotatable bonds is 4. The van der Waals surface area contributed by atoms with E-state index in [1.54, 1.807) is 28.4 Å². The Morgan fingerprint density at radius 1 is 0.196 bits per heavy atom. The average molecular weight is 721 g/mol. The second-order valence-electron chi connectivity index (χ2n) is 15.3. The maximum Gasteiger partial charge on any atom is 0.119 e. The monoisotopic (exact) mass is 720 g/mol. The lowest BCUT2D eigenvalue weighted by molar-refractivity contribution is 0.415. The van der Waals surface area contributed by atoms with Crippen LogP contribution >= 0.6 is 0 Å². The third-order valence-electron chi connectivity index (χ3n) is 13.0. The van der Waals surface area contributed by atoms with E-state index in [2.05, 4.69) is 121 Å². The molecule has 0 heterocycles. The molecule has 0 aliphatic carbocycles. The zero-order valence-corrected chi connectivity index (χ0v) is 31.2. The fourth-order valence-electron chi connectivity index (χ4n) is 10.7. The molecule has 13 aromatic rings. The first-order valence-electron chi connectivity index (χ1n) is 19.0. The molecule has 13 aromatic carbocycles. The first kappa shape index (κ1) is 30.3. The summed E-state index contributed by atoms with van der Waals surface area (Å²) in [5.74, 6) is 3.39. The van der Waals surface area contributed by atoms with Crippen LogP contribution in [0.5, 0.6) is 23.0 Å². The molecule has 4 nitrogen and oxygen atoms in total. The summed E-state index contributed by atoms with van der Waals surface area (Å²) in [7, 11) is 7.01. The van der Waals surface area contributed by atoms with E-state index in [-0.39, 0.29) is 0 Å². The van der Waals surface area contributed by atoms with E-state index in [4.69, 9.17) is 18.9 Å². The summed E-state index contributed by atoms with van der Waals surface area (Å²) in [5, 5.41) is 29.7. The highest BCUT2D eigenvalue weighted by Crippen LogP contribution is 2.55. The molecule has 0 fully saturated rings. The van der Waals surface area contributed by atoms with Crippen LogP contribution in [0.15, 0.2) is 121 Å². The van der Waals surface area contributed by atoms with Gasteiger partial charge in [-0.15, -0.1) is 0 Å². The van der Waals surface area contributed by atoms with E-state index in [1.807, 2.05) is 0 Å². The van der Waals surface area contributed by atoms with Gasteiger partial charge in [0.1, 0.15) is 23.0 Å². The van der Waals surface area contributed by atoms with Gasteiger partial charge < -0.3 is 18.9 Å². The molecule has 264 valence electrons. The lowest BCUT2D eigenvalue weighted by Crippen LogP contribution is -1.96. The maximum atomic E-state index is 5.88. The lowest BCUT2D eigenvalue weighted by atomic mass is 9.78. The van der Waals surface area contributed by atoms with Crippen molar-refractivity contribution >= 4 is 129 Å². The normalized spacial score (nSPS) is 12.6. The van der Waals surface area contributed by atoms with E-state index in [0.29, 0.717) is 0 Å². The van der Waals surface area contributed by atoms with Crippen LogP contribution in [0.25, 0.3) is 129 Å². The Balaban J connectivity index is 1.50. The van der Waals surface area contributed by atoms with Crippen molar-refractivity contribution in [2.24, 2.45) is 0 Å². The molecule has 0 saturated carbocycles. The quantitative estimate of drug-likeness (QED) is 0.170. The fourth-order valence-corrected chi connectivity index (χ4v) is 10.7. The van der Waals surface area contributed by atoms with Crippen LogP contribution in [-0.4, -0.2) is 28.4 Å². The Morgan fingerprint density at radius 3 is 0.536 bits per heavy atom. The summed E-state index contributed by atoms with van der Waals surface area (Å²) in [6.07, 6.45) is 0. The number of fused-ring (bicyclic) bond motifs is 12. The molecule has 0 saturated heterocycles. The standard InChI is InChI=1S/C52H32O4/c1-53-25-5-9-29-33-13-14-34-30-10-6-27(55-3)23-43(30)39-19-20-40-44-24-28(56-4)8-12-32(44)36-16-15-35-31-11-7-26(54-2)22-42(31)38-18-17-37(41(29)21-25)49-45(33)46(34)51(39)52(40)48(36)47(35)50(38)49/h5-24H,1-4H3. The average Bonchev–Trinajstić information content (AvgIpc) is 3.26. The minimum Gasteiger partial charge on any atom is -0.497 e. The minimum atomic E-state index is 0.848. The summed E-state index contributed by atoms with van der Waals surface area (Å²) in [6, 6.07) is 45.1. The van der Waals surface area contributed by atoms with Gasteiger partial charge in [-0.1, -0.05) is 72.8 Å². The molecule has 56 heavy (non-hydrogen) atoms. The molecule has 0 aromatic heterocycles. The number of benzene rings is 12. The molecule has 0 bridgehead atoms. The van der Waals surface area contributed by atoms with Gasteiger partial charge in [0.2, 0.25) is 0 Å². The van der Waals surface area contributed by atoms with E-state index in [1.165, 1.54) is 129 Å². The summed E-state index contributed by atoms with van der Waals surface area (Å²) in [5.41, 5.74) is 0. The lowest BCUT2D eigenvalue weighted by Gasteiger charge is -2.24. The SMILES string of the molecule is COc1ccc2c(c1)c1ccc3c4cc(OC)ccc4c4ccc5c6ccc(OC)cc6c6ccc7c8cc(OC)ccc8c8ccc2c2c8c7c6c5c4c3c12. The molecule has 0 aliphatic heterocycles. The van der Waals surface area contributed by atoms with Gasteiger partial charge in [-0.3, -0.25) is 0 Å². The predicted molar refractivity (Wildman–Crippen MR) is 236 cm³/mol. The van der Waals surface area contributed by atoms with Crippen LogP contribution < -0.4 is 18.9 Å². The largest absolute Gasteiger partial charge is 0.497 e. The molecular formula is C52H32O4. The van der Waals surface area contributed by atoms with Crippen molar-refractivity contribution in [3.05, 3.63) is 121 Å². The topological polar surface area (TPSA) is 36.9 Å². The minimum absolute atomic E-state index is 0.848. The number of ether oxygens (including phenoxy) is 4. The fraction of sp³-hybridized carbons (Fsp3) is 0.0769. The second-order valence-corrected chi connectivity index (χ2v) is 15.3. The summed E-state index contributed by atoms with van der Waals surface area (Å²) >= 11 is 0. The molecular weight excluding hydrogens is 689 g/mol. The molecule has 0 radical (unpaired) electrons. The highest BCUT2D eigenvalue weighted by Gasteiger charge is 2.26. The van der Waals surface area contributed by atoms with Crippen LogP contribution in [-0.2, 0) is 0 Å². The molecule has 13 rings (SSSR count). The van der Waals surface area contributed by atoms with E-state index >= 15 is 0 Å². The highest BCUT2D eigenvalue weighted by atomic mass is 16.5. The van der Waals surface area contributed by atoms with Gasteiger partial charge in [0.15, 0.2) is 0 Å². The van der Waals surface area contributed by atoms with E-state index in [9.17, 15) is 0 Å². The maximum absolute atomic E-state index is 5.88. The van der Waals surface area contributed by atoms with Crippen LogP contribution in [0.3, 0.4) is 0 Å². The van der Waals surface area contributed by atoms with E-state index in [0.717, 1.165) is 23.0 Å². The zero-order chi connectivity index (χ0) is 37.1. The van der Waals surface area contributed by atoms with Crippen molar-refractivity contribution < 1.29 is 18.9 Å². The highest BCUT2D eigenvalue weighted by molar-refractivity contribution is 6.53. The Bertz CT molecular complexity index is 3350. The van der Waals surface area contributed by atoms with Crippen molar-refractivity contribution in [3.8, 4) is 23.0 Å². The van der Waals surface area contributed by atoms with Crippen molar-refractivity contribution in [1.82, 2.24) is 0 Å². The summed E-state index contributed by atoms with van der Waals surface area (Å²) in [4.78, 5) is 0. The zero-order valence-electron chi connectivity index (χ0n) is 31.2. The van der Waals surface area contributed by atoms with Crippen molar-refractivity contribution in [2.45, 2.75) is 0 Å².